The van der Waals surface area contributed by atoms with Crippen LogP contribution in [-0.4, -0.2) is 16.5 Å². The minimum absolute atomic E-state index is 0.364. The quantitative estimate of drug-likeness (QED) is 0.668. The van der Waals surface area contributed by atoms with Crippen LogP contribution in [0, 0.1) is 3.57 Å². The van der Waals surface area contributed by atoms with E-state index < -0.39 is 0 Å². The molecule has 0 amide bonds. The SMILES string of the molecule is CCNc1nc(-c2ccccc2Br)nc(C(C)C)c1I. The van der Waals surface area contributed by atoms with E-state index in [1.54, 1.807) is 0 Å². The van der Waals surface area contributed by atoms with Gasteiger partial charge in [-0.3, -0.25) is 0 Å². The largest absolute Gasteiger partial charge is 0.369 e. The van der Waals surface area contributed by atoms with Gasteiger partial charge in [-0.05, 0) is 41.5 Å². The summed E-state index contributed by atoms with van der Waals surface area (Å²) in [6, 6.07) is 8.04. The smallest absolute Gasteiger partial charge is 0.162 e. The Balaban J connectivity index is 2.62. The van der Waals surface area contributed by atoms with E-state index in [2.05, 4.69) is 69.6 Å². The van der Waals surface area contributed by atoms with Gasteiger partial charge in [0, 0.05) is 16.6 Å². The van der Waals surface area contributed by atoms with Gasteiger partial charge in [0.05, 0.1) is 9.26 Å². The van der Waals surface area contributed by atoms with Gasteiger partial charge in [-0.15, -0.1) is 0 Å². The van der Waals surface area contributed by atoms with Crippen molar-refractivity contribution in [2.45, 2.75) is 26.7 Å². The fraction of sp³-hybridized carbons (Fsp3) is 0.333. The van der Waals surface area contributed by atoms with Crippen LogP contribution in [0.25, 0.3) is 11.4 Å². The van der Waals surface area contributed by atoms with E-state index >= 15 is 0 Å². The highest BCUT2D eigenvalue weighted by atomic mass is 127. The van der Waals surface area contributed by atoms with Crippen molar-refractivity contribution in [2.75, 3.05) is 11.9 Å². The Labute approximate surface area is 141 Å². The molecule has 0 aliphatic heterocycles. The standard InChI is InChI=1S/C15H17BrIN3/c1-4-18-15-12(17)13(9(2)3)19-14(20-15)10-7-5-6-8-11(10)16/h5-9H,4H2,1-3H3,(H,18,19,20). The maximum absolute atomic E-state index is 4.76. The molecule has 0 saturated heterocycles. The average molecular weight is 446 g/mol. The second kappa shape index (κ2) is 6.85. The zero-order valence-electron chi connectivity index (χ0n) is 11.7. The predicted octanol–water partition coefficient (Wildman–Crippen LogP) is 5.07. The molecule has 0 atom stereocenters. The van der Waals surface area contributed by atoms with Crippen LogP contribution in [0.15, 0.2) is 28.7 Å². The van der Waals surface area contributed by atoms with Crippen molar-refractivity contribution in [1.82, 2.24) is 9.97 Å². The Morgan fingerprint density at radius 3 is 2.55 bits per heavy atom. The Bertz CT molecular complexity index is 614. The first-order valence-corrected chi connectivity index (χ1v) is 8.48. The average Bonchev–Trinajstić information content (AvgIpc) is 2.41. The van der Waals surface area contributed by atoms with Crippen LogP contribution in [0.3, 0.4) is 0 Å². The van der Waals surface area contributed by atoms with E-state index in [1.807, 2.05) is 24.3 Å². The number of nitrogens with one attached hydrogen (secondary N) is 1. The highest BCUT2D eigenvalue weighted by Crippen LogP contribution is 2.31. The molecule has 2 rings (SSSR count). The molecule has 1 aromatic heterocycles. The lowest BCUT2D eigenvalue weighted by atomic mass is 10.1. The normalized spacial score (nSPS) is 10.9. The van der Waals surface area contributed by atoms with E-state index in [1.165, 1.54) is 0 Å². The Kier molecular flexibility index (Phi) is 5.37. The molecule has 0 spiro atoms. The molecule has 0 aliphatic rings. The maximum Gasteiger partial charge on any atom is 0.162 e. The van der Waals surface area contributed by atoms with Crippen LogP contribution in [0.2, 0.25) is 0 Å². The van der Waals surface area contributed by atoms with Crippen LogP contribution in [0.5, 0.6) is 0 Å². The van der Waals surface area contributed by atoms with Crippen molar-refractivity contribution < 1.29 is 0 Å². The third-order valence-electron chi connectivity index (χ3n) is 2.88. The summed E-state index contributed by atoms with van der Waals surface area (Å²) < 4.78 is 2.12. The van der Waals surface area contributed by atoms with Gasteiger partial charge in [0.2, 0.25) is 0 Å². The molecule has 0 radical (unpaired) electrons. The minimum Gasteiger partial charge on any atom is -0.369 e. The summed E-state index contributed by atoms with van der Waals surface area (Å²) in [7, 11) is 0. The second-order valence-electron chi connectivity index (χ2n) is 4.76. The van der Waals surface area contributed by atoms with E-state index in [9.17, 15) is 0 Å². The molecular formula is C15H17BrIN3. The number of benzene rings is 1. The fourth-order valence-corrected chi connectivity index (χ4v) is 3.41. The van der Waals surface area contributed by atoms with E-state index in [-0.39, 0.29) is 0 Å². The second-order valence-corrected chi connectivity index (χ2v) is 6.69. The zero-order chi connectivity index (χ0) is 14.7. The van der Waals surface area contributed by atoms with Gasteiger partial charge in [0.1, 0.15) is 5.82 Å². The number of anilines is 1. The van der Waals surface area contributed by atoms with E-state index in [4.69, 9.17) is 4.98 Å². The summed E-state index contributed by atoms with van der Waals surface area (Å²) in [6.07, 6.45) is 0. The van der Waals surface area contributed by atoms with Gasteiger partial charge < -0.3 is 5.32 Å². The minimum atomic E-state index is 0.364. The van der Waals surface area contributed by atoms with Crippen LogP contribution < -0.4 is 5.32 Å². The molecule has 5 heteroatoms. The lowest BCUT2D eigenvalue weighted by Gasteiger charge is -2.15. The molecule has 0 bridgehead atoms. The highest BCUT2D eigenvalue weighted by molar-refractivity contribution is 14.1. The third kappa shape index (κ3) is 3.31. The maximum atomic E-state index is 4.76. The van der Waals surface area contributed by atoms with Crippen LogP contribution >= 0.6 is 38.5 Å². The molecular weight excluding hydrogens is 429 g/mol. The Hall–Kier alpha value is -0.690. The first-order chi connectivity index (χ1) is 9.54. The molecule has 2 aromatic rings. The van der Waals surface area contributed by atoms with Gasteiger partial charge >= 0.3 is 0 Å². The summed E-state index contributed by atoms with van der Waals surface area (Å²) in [4.78, 5) is 9.43. The van der Waals surface area contributed by atoms with E-state index in [0.29, 0.717) is 5.92 Å². The van der Waals surface area contributed by atoms with E-state index in [0.717, 1.165) is 37.5 Å². The molecule has 106 valence electrons. The number of nitrogens with zero attached hydrogens (tertiary/aromatic N) is 2. The summed E-state index contributed by atoms with van der Waals surface area (Å²) in [5, 5.41) is 3.33. The molecule has 1 N–H and O–H groups in total. The first-order valence-electron chi connectivity index (χ1n) is 6.60. The van der Waals surface area contributed by atoms with Gasteiger partial charge in [0.15, 0.2) is 5.82 Å². The monoisotopic (exact) mass is 445 g/mol. The summed E-state index contributed by atoms with van der Waals surface area (Å²) in [5.41, 5.74) is 2.10. The molecule has 3 nitrogen and oxygen atoms in total. The fourth-order valence-electron chi connectivity index (χ4n) is 1.89. The predicted molar refractivity (Wildman–Crippen MR) is 96.1 cm³/mol. The molecule has 1 aromatic carbocycles. The summed E-state index contributed by atoms with van der Waals surface area (Å²) in [6.45, 7) is 7.24. The van der Waals surface area contributed by atoms with Gasteiger partial charge in [-0.2, -0.15) is 0 Å². The Morgan fingerprint density at radius 1 is 1.25 bits per heavy atom. The van der Waals surface area contributed by atoms with Crippen molar-refractivity contribution >= 4 is 44.3 Å². The molecule has 0 saturated carbocycles. The van der Waals surface area contributed by atoms with Crippen LogP contribution in [-0.2, 0) is 0 Å². The Morgan fingerprint density at radius 2 is 1.95 bits per heavy atom. The molecule has 0 unspecified atom stereocenters. The van der Waals surface area contributed by atoms with Crippen LogP contribution in [0.1, 0.15) is 32.4 Å². The van der Waals surface area contributed by atoms with Gasteiger partial charge in [0.25, 0.3) is 0 Å². The number of rotatable bonds is 4. The van der Waals surface area contributed by atoms with Crippen molar-refractivity contribution in [3.63, 3.8) is 0 Å². The molecule has 0 aliphatic carbocycles. The highest BCUT2D eigenvalue weighted by Gasteiger charge is 2.16. The van der Waals surface area contributed by atoms with Crippen molar-refractivity contribution in [2.24, 2.45) is 0 Å². The number of hydrogen-bond donors (Lipinski definition) is 1. The van der Waals surface area contributed by atoms with Crippen molar-refractivity contribution in [3.05, 3.63) is 38.0 Å². The molecule has 0 fully saturated rings. The van der Waals surface area contributed by atoms with Crippen LogP contribution in [0.4, 0.5) is 5.82 Å². The number of hydrogen-bond acceptors (Lipinski definition) is 3. The topological polar surface area (TPSA) is 37.8 Å². The lowest BCUT2D eigenvalue weighted by molar-refractivity contribution is 0.808. The molecule has 1 heterocycles. The van der Waals surface area contributed by atoms with Crippen molar-refractivity contribution in [1.29, 1.82) is 0 Å². The lowest BCUT2D eigenvalue weighted by Crippen LogP contribution is -2.09. The van der Waals surface area contributed by atoms with Crippen molar-refractivity contribution in [3.8, 4) is 11.4 Å². The van der Waals surface area contributed by atoms with Gasteiger partial charge in [-0.25, -0.2) is 9.97 Å². The first kappa shape index (κ1) is 15.7. The summed E-state index contributed by atoms with van der Waals surface area (Å²) in [5.74, 6) is 2.04. The number of halogens is 2. The van der Waals surface area contributed by atoms with Gasteiger partial charge in [-0.1, -0.05) is 48.0 Å². The number of aromatic nitrogens is 2. The third-order valence-corrected chi connectivity index (χ3v) is 4.64. The molecule has 20 heavy (non-hydrogen) atoms. The summed E-state index contributed by atoms with van der Waals surface area (Å²) >= 11 is 5.90. The zero-order valence-corrected chi connectivity index (χ0v) is 15.5.